The molecule has 0 aliphatic carbocycles. The van der Waals surface area contributed by atoms with E-state index >= 15 is 0 Å². The highest BCUT2D eigenvalue weighted by Crippen LogP contribution is 2.24. The van der Waals surface area contributed by atoms with Crippen molar-refractivity contribution in [2.24, 2.45) is 0 Å². The highest BCUT2D eigenvalue weighted by atomic mass is 32.2. The van der Waals surface area contributed by atoms with Gasteiger partial charge in [0.25, 0.3) is 5.91 Å². The lowest BCUT2D eigenvalue weighted by molar-refractivity contribution is -0.118. The number of ether oxygens (including phenoxy) is 2. The summed E-state index contributed by atoms with van der Waals surface area (Å²) in [6.07, 6.45) is 0. The number of carbonyl (C=O) groups is 1. The van der Waals surface area contributed by atoms with Crippen molar-refractivity contribution in [2.45, 2.75) is 25.7 Å². The van der Waals surface area contributed by atoms with Crippen LogP contribution in [0, 0.1) is 20.8 Å². The molecule has 0 bridgehead atoms. The lowest BCUT2D eigenvalue weighted by Crippen LogP contribution is -2.40. The van der Waals surface area contributed by atoms with Crippen molar-refractivity contribution in [1.29, 1.82) is 0 Å². The summed E-state index contributed by atoms with van der Waals surface area (Å²) in [5.41, 5.74) is 3.29. The van der Waals surface area contributed by atoms with Crippen LogP contribution >= 0.6 is 0 Å². The van der Waals surface area contributed by atoms with Crippen molar-refractivity contribution >= 4 is 21.6 Å². The maximum atomic E-state index is 12.8. The third-order valence-corrected chi connectivity index (χ3v) is 6.67. The van der Waals surface area contributed by atoms with Gasteiger partial charge in [0.15, 0.2) is 6.61 Å². The van der Waals surface area contributed by atoms with E-state index in [4.69, 9.17) is 9.47 Å². The number of nitrogens with zero attached hydrogens (tertiary/aromatic N) is 1. The molecule has 1 aliphatic heterocycles. The molecule has 1 aliphatic rings. The normalized spacial score (nSPS) is 15.1. The van der Waals surface area contributed by atoms with Gasteiger partial charge in [-0.2, -0.15) is 4.31 Å². The number of aryl methyl sites for hydroxylation is 3. The number of amides is 1. The van der Waals surface area contributed by atoms with Crippen LogP contribution in [0.4, 0.5) is 5.69 Å². The molecule has 2 aromatic rings. The molecule has 29 heavy (non-hydrogen) atoms. The lowest BCUT2D eigenvalue weighted by atomic mass is 10.1. The highest BCUT2D eigenvalue weighted by molar-refractivity contribution is 7.89. The Morgan fingerprint density at radius 1 is 1.07 bits per heavy atom. The second-order valence-corrected chi connectivity index (χ2v) is 9.04. The number of sulfonamides is 1. The minimum absolute atomic E-state index is 0.149. The van der Waals surface area contributed by atoms with Gasteiger partial charge in [0.2, 0.25) is 10.0 Å². The molecular weight excluding hydrogens is 392 g/mol. The number of hydrogen-bond acceptors (Lipinski definition) is 5. The molecule has 0 saturated carbocycles. The molecule has 0 unspecified atom stereocenters. The number of rotatable bonds is 6. The minimum Gasteiger partial charge on any atom is -0.483 e. The summed E-state index contributed by atoms with van der Waals surface area (Å²) in [5.74, 6) is 0.292. The summed E-state index contributed by atoms with van der Waals surface area (Å²) in [4.78, 5) is 12.5. The number of nitrogens with one attached hydrogen (secondary N) is 1. The van der Waals surface area contributed by atoms with E-state index in [1.165, 1.54) is 10.4 Å². The average Bonchev–Trinajstić information content (AvgIpc) is 2.69. The topological polar surface area (TPSA) is 84.9 Å². The molecule has 1 saturated heterocycles. The van der Waals surface area contributed by atoms with Gasteiger partial charge >= 0.3 is 0 Å². The third-order valence-electron chi connectivity index (χ3n) is 4.78. The van der Waals surface area contributed by atoms with Crippen molar-refractivity contribution in [3.63, 3.8) is 0 Å². The van der Waals surface area contributed by atoms with E-state index in [-0.39, 0.29) is 17.4 Å². The van der Waals surface area contributed by atoms with Gasteiger partial charge in [-0.25, -0.2) is 8.42 Å². The monoisotopic (exact) mass is 418 g/mol. The first kappa shape index (κ1) is 21.3. The van der Waals surface area contributed by atoms with E-state index in [1.54, 1.807) is 12.1 Å². The average molecular weight is 419 g/mol. The highest BCUT2D eigenvalue weighted by Gasteiger charge is 2.26. The maximum Gasteiger partial charge on any atom is 0.262 e. The van der Waals surface area contributed by atoms with Gasteiger partial charge in [0.1, 0.15) is 5.75 Å². The molecule has 3 rings (SSSR count). The predicted octanol–water partition coefficient (Wildman–Crippen LogP) is 2.65. The quantitative estimate of drug-likeness (QED) is 0.780. The van der Waals surface area contributed by atoms with Gasteiger partial charge in [0.05, 0.1) is 18.1 Å². The summed E-state index contributed by atoms with van der Waals surface area (Å²) in [7, 11) is -3.63. The van der Waals surface area contributed by atoms with Crippen LogP contribution in [-0.4, -0.2) is 51.5 Å². The molecule has 1 fully saturated rings. The standard InChI is InChI=1S/C21H26N2O5S/c1-15-4-7-20(17(3)12-15)28-14-21(24)22-19-13-18(6-5-16(19)2)29(25,26)23-8-10-27-11-9-23/h4-7,12-13H,8-11,14H2,1-3H3,(H,22,24). The first-order valence-electron chi connectivity index (χ1n) is 9.46. The van der Waals surface area contributed by atoms with E-state index in [2.05, 4.69) is 5.32 Å². The smallest absolute Gasteiger partial charge is 0.262 e. The number of carbonyl (C=O) groups excluding carboxylic acids is 1. The maximum absolute atomic E-state index is 12.8. The Balaban J connectivity index is 1.70. The van der Waals surface area contributed by atoms with Crippen molar-refractivity contribution in [3.8, 4) is 5.75 Å². The zero-order valence-corrected chi connectivity index (χ0v) is 17.7. The molecule has 156 valence electrons. The van der Waals surface area contributed by atoms with Crippen LogP contribution in [0.5, 0.6) is 5.75 Å². The molecule has 2 aromatic carbocycles. The molecule has 0 radical (unpaired) electrons. The molecule has 7 nitrogen and oxygen atoms in total. The summed E-state index contributed by atoms with van der Waals surface area (Å²) < 4.78 is 37.9. The number of hydrogen-bond donors (Lipinski definition) is 1. The van der Waals surface area contributed by atoms with E-state index in [9.17, 15) is 13.2 Å². The molecule has 0 aromatic heterocycles. The van der Waals surface area contributed by atoms with Gasteiger partial charge in [0, 0.05) is 18.8 Å². The van der Waals surface area contributed by atoms with E-state index in [1.807, 2.05) is 39.0 Å². The van der Waals surface area contributed by atoms with Gasteiger partial charge in [-0.1, -0.05) is 23.8 Å². The van der Waals surface area contributed by atoms with Crippen LogP contribution in [0.1, 0.15) is 16.7 Å². The molecule has 0 atom stereocenters. The van der Waals surface area contributed by atoms with Gasteiger partial charge < -0.3 is 14.8 Å². The van der Waals surface area contributed by atoms with E-state index < -0.39 is 10.0 Å². The predicted molar refractivity (Wildman–Crippen MR) is 111 cm³/mol. The Morgan fingerprint density at radius 3 is 2.48 bits per heavy atom. The van der Waals surface area contributed by atoms with Crippen LogP contribution in [0.15, 0.2) is 41.3 Å². The fraction of sp³-hybridized carbons (Fsp3) is 0.381. The van der Waals surface area contributed by atoms with Gasteiger partial charge in [-0.3, -0.25) is 4.79 Å². The Labute approximate surface area is 171 Å². The minimum atomic E-state index is -3.63. The second kappa shape index (κ2) is 8.94. The first-order chi connectivity index (χ1) is 13.8. The zero-order chi connectivity index (χ0) is 21.0. The molecule has 8 heteroatoms. The van der Waals surface area contributed by atoms with E-state index in [0.29, 0.717) is 37.7 Å². The van der Waals surface area contributed by atoms with Crippen LogP contribution in [0.2, 0.25) is 0 Å². The Kier molecular flexibility index (Phi) is 6.56. The summed E-state index contributed by atoms with van der Waals surface area (Å²) >= 11 is 0. The number of morpholine rings is 1. The van der Waals surface area contributed by atoms with Crippen molar-refractivity contribution in [3.05, 3.63) is 53.1 Å². The first-order valence-corrected chi connectivity index (χ1v) is 10.9. The summed E-state index contributed by atoms with van der Waals surface area (Å²) in [6, 6.07) is 10.5. The molecule has 1 heterocycles. The van der Waals surface area contributed by atoms with E-state index in [0.717, 1.165) is 16.7 Å². The molecule has 1 N–H and O–H groups in total. The van der Waals surface area contributed by atoms with Crippen molar-refractivity contribution in [1.82, 2.24) is 4.31 Å². The Bertz CT molecular complexity index is 998. The summed E-state index contributed by atoms with van der Waals surface area (Å²) in [5, 5.41) is 2.76. The largest absolute Gasteiger partial charge is 0.483 e. The van der Waals surface area contributed by atoms with Crippen LogP contribution in [0.25, 0.3) is 0 Å². The molecule has 1 amide bonds. The van der Waals surface area contributed by atoms with Gasteiger partial charge in [-0.05, 0) is 50.1 Å². The lowest BCUT2D eigenvalue weighted by Gasteiger charge is -2.26. The number of anilines is 1. The Hall–Kier alpha value is -2.42. The fourth-order valence-electron chi connectivity index (χ4n) is 3.12. The van der Waals surface area contributed by atoms with Crippen molar-refractivity contribution < 1.29 is 22.7 Å². The molecule has 0 spiro atoms. The van der Waals surface area contributed by atoms with Crippen LogP contribution in [-0.2, 0) is 19.6 Å². The SMILES string of the molecule is Cc1ccc(OCC(=O)Nc2cc(S(=O)(=O)N3CCOCC3)ccc2C)c(C)c1. The summed E-state index contributed by atoms with van der Waals surface area (Å²) in [6.45, 7) is 6.96. The van der Waals surface area contributed by atoms with Crippen molar-refractivity contribution in [2.75, 3.05) is 38.2 Å². The third kappa shape index (κ3) is 5.14. The van der Waals surface area contributed by atoms with Gasteiger partial charge in [-0.15, -0.1) is 0 Å². The zero-order valence-electron chi connectivity index (χ0n) is 16.9. The molecular formula is C21H26N2O5S. The van der Waals surface area contributed by atoms with Crippen LogP contribution in [0.3, 0.4) is 0 Å². The number of benzene rings is 2. The fourth-order valence-corrected chi connectivity index (χ4v) is 4.56. The Morgan fingerprint density at radius 2 is 1.79 bits per heavy atom. The van der Waals surface area contributed by atoms with Crippen LogP contribution < -0.4 is 10.1 Å². The second-order valence-electron chi connectivity index (χ2n) is 7.10.